The highest BCUT2D eigenvalue weighted by Gasteiger charge is 2.26. The summed E-state index contributed by atoms with van der Waals surface area (Å²) < 4.78 is 13.4. The molecular weight excluding hydrogens is 366 g/mol. The largest absolute Gasteiger partial charge is 0.490 e. The molecule has 4 rings (SSSR count). The Morgan fingerprint density at radius 2 is 1.86 bits per heavy atom. The molecule has 1 N–H and O–H groups in total. The van der Waals surface area contributed by atoms with Crippen molar-refractivity contribution in [2.45, 2.75) is 25.3 Å². The second-order valence-electron chi connectivity index (χ2n) is 7.09. The lowest BCUT2D eigenvalue weighted by molar-refractivity contribution is 0.0927. The van der Waals surface area contributed by atoms with E-state index in [1.165, 1.54) is 5.69 Å². The first-order valence-corrected chi connectivity index (χ1v) is 9.93. The van der Waals surface area contributed by atoms with E-state index in [0.717, 1.165) is 30.6 Å². The van der Waals surface area contributed by atoms with Crippen LogP contribution in [0.5, 0.6) is 11.5 Å². The number of nitrogens with zero attached hydrogens (tertiary/aromatic N) is 2. The van der Waals surface area contributed by atoms with Crippen LogP contribution in [-0.4, -0.2) is 28.9 Å². The minimum Gasteiger partial charge on any atom is -0.490 e. The summed E-state index contributed by atoms with van der Waals surface area (Å²) in [5.74, 6) is 1.22. The van der Waals surface area contributed by atoms with Crippen molar-refractivity contribution >= 4 is 5.91 Å². The lowest BCUT2D eigenvalue weighted by Crippen LogP contribution is -2.31. The number of fused-ring (bicyclic) bond motifs is 1. The summed E-state index contributed by atoms with van der Waals surface area (Å²) >= 11 is 0. The number of carbonyl (C=O) groups excluding carboxylic acids is 1. The van der Waals surface area contributed by atoms with E-state index >= 15 is 0 Å². The van der Waals surface area contributed by atoms with Crippen molar-refractivity contribution in [2.24, 2.45) is 7.05 Å². The smallest absolute Gasteiger partial charge is 0.255 e. The maximum absolute atomic E-state index is 13.0. The average molecular weight is 391 g/mol. The van der Waals surface area contributed by atoms with E-state index in [1.807, 2.05) is 66.5 Å². The minimum atomic E-state index is -0.133. The van der Waals surface area contributed by atoms with Gasteiger partial charge in [-0.1, -0.05) is 30.3 Å². The second-order valence-corrected chi connectivity index (χ2v) is 7.09. The number of hydrogen-bond donors (Lipinski definition) is 1. The van der Waals surface area contributed by atoms with Crippen LogP contribution in [0.15, 0.2) is 60.8 Å². The maximum atomic E-state index is 13.0. The Morgan fingerprint density at radius 1 is 1.10 bits per heavy atom. The van der Waals surface area contributed by atoms with Crippen molar-refractivity contribution in [3.63, 3.8) is 0 Å². The quantitative estimate of drug-likeness (QED) is 0.624. The number of carbonyl (C=O) groups is 1. The molecule has 1 aliphatic rings. The zero-order valence-electron chi connectivity index (χ0n) is 16.5. The number of amides is 1. The molecule has 6 heteroatoms. The van der Waals surface area contributed by atoms with Gasteiger partial charge in [0.15, 0.2) is 0 Å². The Bertz CT molecular complexity index is 969. The topological polar surface area (TPSA) is 65.4 Å². The molecule has 29 heavy (non-hydrogen) atoms. The van der Waals surface area contributed by atoms with E-state index in [9.17, 15) is 4.79 Å². The van der Waals surface area contributed by atoms with Gasteiger partial charge in [0, 0.05) is 18.3 Å². The molecule has 1 heterocycles. The number of ether oxygens (including phenoxy) is 2. The number of nitrogens with one attached hydrogen (secondary N) is 1. The molecule has 6 nitrogen and oxygen atoms in total. The molecule has 1 atom stereocenters. The number of para-hydroxylation sites is 2. The van der Waals surface area contributed by atoms with Crippen LogP contribution < -0.4 is 14.8 Å². The number of benzene rings is 2. The van der Waals surface area contributed by atoms with Gasteiger partial charge in [-0.3, -0.25) is 9.48 Å². The van der Waals surface area contributed by atoms with Gasteiger partial charge in [0.25, 0.3) is 5.91 Å². The molecule has 0 saturated heterocycles. The van der Waals surface area contributed by atoms with E-state index in [2.05, 4.69) is 10.4 Å². The van der Waals surface area contributed by atoms with Crippen molar-refractivity contribution in [1.29, 1.82) is 0 Å². The van der Waals surface area contributed by atoms with Crippen molar-refractivity contribution in [1.82, 2.24) is 15.1 Å². The second kappa shape index (κ2) is 8.82. The summed E-state index contributed by atoms with van der Waals surface area (Å²) in [5.41, 5.74) is 2.84. The number of hydrogen-bond acceptors (Lipinski definition) is 4. The molecule has 0 bridgehead atoms. The molecule has 0 saturated carbocycles. The summed E-state index contributed by atoms with van der Waals surface area (Å²) in [4.78, 5) is 13.0. The zero-order chi connectivity index (χ0) is 20.1. The zero-order valence-corrected chi connectivity index (χ0v) is 16.5. The summed E-state index contributed by atoms with van der Waals surface area (Å²) in [7, 11) is 1.95. The first-order valence-electron chi connectivity index (χ1n) is 9.93. The third-order valence-corrected chi connectivity index (χ3v) is 5.17. The lowest BCUT2D eigenvalue weighted by Gasteiger charge is -2.24. The Kier molecular flexibility index (Phi) is 5.79. The molecule has 2 aromatic carbocycles. The SMILES string of the molecule is Cn1ncc2c1CCCC2NC(=O)c1ccccc1OCCOc1ccccc1. The molecular formula is C23H25N3O3. The summed E-state index contributed by atoms with van der Waals surface area (Å²) in [5, 5.41) is 7.51. The van der Waals surface area contributed by atoms with Gasteiger partial charge in [0.05, 0.1) is 17.8 Å². The molecule has 0 aliphatic heterocycles. The molecule has 1 unspecified atom stereocenters. The fourth-order valence-electron chi connectivity index (χ4n) is 3.70. The van der Waals surface area contributed by atoms with Crippen LogP contribution >= 0.6 is 0 Å². The van der Waals surface area contributed by atoms with Crippen LogP contribution in [0.1, 0.15) is 40.5 Å². The van der Waals surface area contributed by atoms with Gasteiger partial charge in [-0.15, -0.1) is 0 Å². The van der Waals surface area contributed by atoms with Crippen LogP contribution in [-0.2, 0) is 13.5 Å². The van der Waals surface area contributed by atoms with Crippen molar-refractivity contribution < 1.29 is 14.3 Å². The first kappa shape index (κ1) is 19.1. The fraction of sp³-hybridized carbons (Fsp3) is 0.304. The van der Waals surface area contributed by atoms with Gasteiger partial charge < -0.3 is 14.8 Å². The molecule has 1 aromatic heterocycles. The van der Waals surface area contributed by atoms with Gasteiger partial charge in [0.1, 0.15) is 24.7 Å². The van der Waals surface area contributed by atoms with E-state index in [1.54, 1.807) is 6.07 Å². The van der Waals surface area contributed by atoms with Gasteiger partial charge in [-0.2, -0.15) is 5.10 Å². The van der Waals surface area contributed by atoms with Crippen LogP contribution in [0.25, 0.3) is 0 Å². The normalized spacial score (nSPS) is 15.4. The average Bonchev–Trinajstić information content (AvgIpc) is 3.14. The number of aryl methyl sites for hydroxylation is 1. The number of rotatable bonds is 7. The molecule has 0 radical (unpaired) electrons. The molecule has 3 aromatic rings. The van der Waals surface area contributed by atoms with E-state index < -0.39 is 0 Å². The Hall–Kier alpha value is -3.28. The van der Waals surface area contributed by atoms with Crippen molar-refractivity contribution in [2.75, 3.05) is 13.2 Å². The highest BCUT2D eigenvalue weighted by atomic mass is 16.5. The predicted octanol–water partition coefficient (Wildman–Crippen LogP) is 3.69. The maximum Gasteiger partial charge on any atom is 0.255 e. The van der Waals surface area contributed by atoms with Crippen molar-refractivity contribution in [3.05, 3.63) is 77.6 Å². The Morgan fingerprint density at radius 3 is 2.72 bits per heavy atom. The van der Waals surface area contributed by atoms with Crippen LogP contribution in [0, 0.1) is 0 Å². The van der Waals surface area contributed by atoms with Crippen LogP contribution in [0.3, 0.4) is 0 Å². The predicted molar refractivity (Wildman–Crippen MR) is 110 cm³/mol. The summed E-state index contributed by atoms with van der Waals surface area (Å²) in [6.45, 7) is 0.761. The van der Waals surface area contributed by atoms with E-state index in [0.29, 0.717) is 24.5 Å². The number of aromatic nitrogens is 2. The molecule has 0 fully saturated rings. The highest BCUT2D eigenvalue weighted by Crippen LogP contribution is 2.30. The van der Waals surface area contributed by atoms with Gasteiger partial charge in [-0.05, 0) is 43.5 Å². The Balaban J connectivity index is 1.38. The van der Waals surface area contributed by atoms with Crippen LogP contribution in [0.4, 0.5) is 0 Å². The lowest BCUT2D eigenvalue weighted by atomic mass is 9.92. The van der Waals surface area contributed by atoms with Gasteiger partial charge in [-0.25, -0.2) is 0 Å². The fourth-order valence-corrected chi connectivity index (χ4v) is 3.70. The third kappa shape index (κ3) is 4.42. The molecule has 1 aliphatic carbocycles. The standard InChI is InChI=1S/C23H25N3O3/c1-26-21-12-7-11-20(19(21)16-24-26)25-23(27)18-10-5-6-13-22(18)29-15-14-28-17-8-3-2-4-9-17/h2-6,8-10,13,16,20H,7,11-12,14-15H2,1H3,(H,25,27). The Labute approximate surface area is 170 Å². The van der Waals surface area contributed by atoms with E-state index in [4.69, 9.17) is 9.47 Å². The first-order chi connectivity index (χ1) is 14.2. The molecule has 150 valence electrons. The third-order valence-electron chi connectivity index (χ3n) is 5.17. The van der Waals surface area contributed by atoms with Gasteiger partial charge in [0.2, 0.25) is 0 Å². The minimum absolute atomic E-state index is 0.0191. The highest BCUT2D eigenvalue weighted by molar-refractivity contribution is 5.97. The van der Waals surface area contributed by atoms with Crippen molar-refractivity contribution in [3.8, 4) is 11.5 Å². The van der Waals surface area contributed by atoms with Gasteiger partial charge >= 0.3 is 0 Å². The monoisotopic (exact) mass is 391 g/mol. The summed E-state index contributed by atoms with van der Waals surface area (Å²) in [6, 6.07) is 16.9. The van der Waals surface area contributed by atoms with Crippen LogP contribution in [0.2, 0.25) is 0 Å². The molecule has 0 spiro atoms. The molecule has 1 amide bonds. The summed E-state index contributed by atoms with van der Waals surface area (Å²) in [6.07, 6.45) is 4.81. The van der Waals surface area contributed by atoms with E-state index in [-0.39, 0.29) is 11.9 Å².